The number of hydrogen-bond acceptors (Lipinski definition) is 4. The number of rotatable bonds is 9. The molecule has 0 saturated carbocycles. The molecule has 124 valence electrons. The lowest BCUT2D eigenvalue weighted by Gasteiger charge is -2.18. The number of carbonyl (C=O) groups excluding carboxylic acids is 1. The summed E-state index contributed by atoms with van der Waals surface area (Å²) in [6, 6.07) is 4.44. The van der Waals surface area contributed by atoms with E-state index in [9.17, 15) is 13.6 Å². The van der Waals surface area contributed by atoms with Gasteiger partial charge in [-0.3, -0.25) is 4.79 Å². The first-order valence-electron chi connectivity index (χ1n) is 7.15. The minimum absolute atomic E-state index is 0.0270. The zero-order valence-corrected chi connectivity index (χ0v) is 13.1. The molecule has 1 amide bonds. The van der Waals surface area contributed by atoms with Crippen LogP contribution in [-0.4, -0.2) is 50.7 Å². The molecule has 0 spiro atoms. The van der Waals surface area contributed by atoms with Crippen molar-refractivity contribution in [1.29, 1.82) is 0 Å². The normalized spacial score (nSPS) is 10.9. The van der Waals surface area contributed by atoms with Gasteiger partial charge in [0.1, 0.15) is 0 Å². The van der Waals surface area contributed by atoms with Crippen molar-refractivity contribution >= 4 is 5.91 Å². The van der Waals surface area contributed by atoms with Crippen LogP contribution in [0.2, 0.25) is 0 Å². The fraction of sp³-hybridized carbons (Fsp3) is 0.533. The average Bonchev–Trinajstić information content (AvgIpc) is 2.51. The Morgan fingerprint density at radius 3 is 2.55 bits per heavy atom. The van der Waals surface area contributed by atoms with Crippen molar-refractivity contribution in [3.05, 3.63) is 23.8 Å². The molecule has 0 aliphatic carbocycles. The van der Waals surface area contributed by atoms with Crippen LogP contribution in [0.25, 0.3) is 0 Å². The van der Waals surface area contributed by atoms with Crippen LogP contribution in [0.5, 0.6) is 11.5 Å². The summed E-state index contributed by atoms with van der Waals surface area (Å²) in [6.07, 6.45) is 0. The SMILES string of the molecule is CCN(CC)CCNC(=O)c1cccc(OC)c1OC(F)F. The second-order valence-electron chi connectivity index (χ2n) is 4.50. The number of benzene rings is 1. The summed E-state index contributed by atoms with van der Waals surface area (Å²) in [5.41, 5.74) is 0.0270. The molecule has 1 aromatic rings. The Morgan fingerprint density at radius 2 is 2.00 bits per heavy atom. The number of carbonyl (C=O) groups is 1. The maximum absolute atomic E-state index is 12.5. The number of likely N-dealkylation sites (N-methyl/N-ethyl adjacent to an activating group) is 1. The smallest absolute Gasteiger partial charge is 0.387 e. The highest BCUT2D eigenvalue weighted by molar-refractivity contribution is 5.97. The maximum Gasteiger partial charge on any atom is 0.387 e. The van der Waals surface area contributed by atoms with E-state index in [1.165, 1.54) is 19.2 Å². The van der Waals surface area contributed by atoms with Gasteiger partial charge in [-0.15, -0.1) is 0 Å². The Bertz CT molecular complexity index is 480. The van der Waals surface area contributed by atoms with Gasteiger partial charge in [-0.1, -0.05) is 19.9 Å². The van der Waals surface area contributed by atoms with E-state index in [0.29, 0.717) is 13.1 Å². The van der Waals surface area contributed by atoms with Gasteiger partial charge in [0.2, 0.25) is 0 Å². The molecule has 7 heteroatoms. The van der Waals surface area contributed by atoms with E-state index < -0.39 is 12.5 Å². The largest absolute Gasteiger partial charge is 0.493 e. The van der Waals surface area contributed by atoms with Crippen molar-refractivity contribution in [2.24, 2.45) is 0 Å². The summed E-state index contributed by atoms with van der Waals surface area (Å²) in [5.74, 6) is -0.626. The number of halogens is 2. The number of amides is 1. The van der Waals surface area contributed by atoms with E-state index in [1.54, 1.807) is 6.07 Å². The predicted molar refractivity (Wildman–Crippen MR) is 79.7 cm³/mol. The molecule has 0 bridgehead atoms. The van der Waals surface area contributed by atoms with E-state index in [2.05, 4.69) is 15.0 Å². The predicted octanol–water partition coefficient (Wildman–Crippen LogP) is 2.37. The molecule has 1 N–H and O–H groups in total. The third-order valence-electron chi connectivity index (χ3n) is 3.26. The number of hydrogen-bond donors (Lipinski definition) is 1. The summed E-state index contributed by atoms with van der Waals surface area (Å²) < 4.78 is 34.4. The average molecular weight is 316 g/mol. The fourth-order valence-corrected chi connectivity index (χ4v) is 2.03. The number of methoxy groups -OCH3 is 1. The van der Waals surface area contributed by atoms with Gasteiger partial charge in [-0.25, -0.2) is 0 Å². The summed E-state index contributed by atoms with van der Waals surface area (Å²) in [6.45, 7) is 3.90. The Balaban J connectivity index is 2.79. The molecule has 0 atom stereocenters. The van der Waals surface area contributed by atoms with Gasteiger partial charge in [-0.2, -0.15) is 8.78 Å². The third kappa shape index (κ3) is 5.14. The van der Waals surface area contributed by atoms with Crippen molar-refractivity contribution in [2.75, 3.05) is 33.3 Å². The molecule has 0 radical (unpaired) electrons. The van der Waals surface area contributed by atoms with Gasteiger partial charge >= 0.3 is 6.61 Å². The fourth-order valence-electron chi connectivity index (χ4n) is 2.03. The zero-order valence-electron chi connectivity index (χ0n) is 13.1. The lowest BCUT2D eigenvalue weighted by Crippen LogP contribution is -2.35. The Morgan fingerprint density at radius 1 is 1.32 bits per heavy atom. The van der Waals surface area contributed by atoms with Crippen LogP contribution in [0.3, 0.4) is 0 Å². The molecule has 0 aromatic heterocycles. The summed E-state index contributed by atoms with van der Waals surface area (Å²) >= 11 is 0. The van der Waals surface area contributed by atoms with Crippen LogP contribution in [0.15, 0.2) is 18.2 Å². The van der Waals surface area contributed by atoms with Gasteiger partial charge < -0.3 is 19.7 Å². The van der Waals surface area contributed by atoms with E-state index in [1.807, 2.05) is 13.8 Å². The van der Waals surface area contributed by atoms with Crippen LogP contribution < -0.4 is 14.8 Å². The number of nitrogens with one attached hydrogen (secondary N) is 1. The standard InChI is InChI=1S/C15H22F2N2O3/c1-4-19(5-2)10-9-18-14(20)11-7-6-8-12(21-3)13(11)22-15(16)17/h6-8,15H,4-5,9-10H2,1-3H3,(H,18,20). The van der Waals surface area contributed by atoms with Crippen molar-refractivity contribution in [3.63, 3.8) is 0 Å². The van der Waals surface area contributed by atoms with E-state index >= 15 is 0 Å². The van der Waals surface area contributed by atoms with E-state index in [-0.39, 0.29) is 17.1 Å². The van der Waals surface area contributed by atoms with Gasteiger partial charge in [0.05, 0.1) is 12.7 Å². The highest BCUT2D eigenvalue weighted by Crippen LogP contribution is 2.32. The highest BCUT2D eigenvalue weighted by atomic mass is 19.3. The summed E-state index contributed by atoms with van der Waals surface area (Å²) in [5, 5.41) is 2.70. The number of nitrogens with zero attached hydrogens (tertiary/aromatic N) is 1. The lowest BCUT2D eigenvalue weighted by atomic mass is 10.1. The molecule has 0 unspecified atom stereocenters. The molecule has 1 rings (SSSR count). The maximum atomic E-state index is 12.5. The molecule has 0 saturated heterocycles. The zero-order chi connectivity index (χ0) is 16.5. The quantitative estimate of drug-likeness (QED) is 0.760. The number of alkyl halides is 2. The second-order valence-corrected chi connectivity index (χ2v) is 4.50. The van der Waals surface area contributed by atoms with Gasteiger partial charge in [0, 0.05) is 13.1 Å². The van der Waals surface area contributed by atoms with Crippen LogP contribution in [-0.2, 0) is 0 Å². The second kappa shape index (κ2) is 9.19. The molecule has 0 aliphatic rings. The van der Waals surface area contributed by atoms with Crippen LogP contribution in [0, 0.1) is 0 Å². The van der Waals surface area contributed by atoms with Crippen molar-refractivity contribution in [3.8, 4) is 11.5 Å². The first-order chi connectivity index (χ1) is 10.5. The van der Waals surface area contributed by atoms with Crippen LogP contribution >= 0.6 is 0 Å². The lowest BCUT2D eigenvalue weighted by molar-refractivity contribution is -0.0515. The Hall–Kier alpha value is -1.89. The van der Waals surface area contributed by atoms with Crippen LogP contribution in [0.1, 0.15) is 24.2 Å². The highest BCUT2D eigenvalue weighted by Gasteiger charge is 2.20. The first-order valence-corrected chi connectivity index (χ1v) is 7.15. The minimum atomic E-state index is -3.03. The molecule has 0 heterocycles. The molecule has 0 aliphatic heterocycles. The molecular formula is C15H22F2N2O3. The number of ether oxygens (including phenoxy) is 2. The van der Waals surface area contributed by atoms with E-state index in [4.69, 9.17) is 4.74 Å². The molecular weight excluding hydrogens is 294 g/mol. The minimum Gasteiger partial charge on any atom is -0.493 e. The van der Waals surface area contributed by atoms with Gasteiger partial charge in [-0.05, 0) is 25.2 Å². The molecule has 22 heavy (non-hydrogen) atoms. The summed E-state index contributed by atoms with van der Waals surface area (Å²) in [4.78, 5) is 14.3. The first kappa shape index (κ1) is 18.2. The monoisotopic (exact) mass is 316 g/mol. The van der Waals surface area contributed by atoms with Crippen LogP contribution in [0.4, 0.5) is 8.78 Å². The summed E-state index contributed by atoms with van der Waals surface area (Å²) in [7, 11) is 1.33. The van der Waals surface area contributed by atoms with Crippen molar-refractivity contribution < 1.29 is 23.0 Å². The topological polar surface area (TPSA) is 50.8 Å². The van der Waals surface area contributed by atoms with Crippen molar-refractivity contribution in [1.82, 2.24) is 10.2 Å². The van der Waals surface area contributed by atoms with E-state index in [0.717, 1.165) is 13.1 Å². The third-order valence-corrected chi connectivity index (χ3v) is 3.26. The molecule has 0 fully saturated rings. The Labute approximate surface area is 129 Å². The van der Waals surface area contributed by atoms with Gasteiger partial charge in [0.15, 0.2) is 11.5 Å². The van der Waals surface area contributed by atoms with Gasteiger partial charge in [0.25, 0.3) is 5.91 Å². The molecule has 1 aromatic carbocycles. The van der Waals surface area contributed by atoms with Crippen molar-refractivity contribution in [2.45, 2.75) is 20.5 Å². The Kier molecular flexibility index (Phi) is 7.59. The number of para-hydroxylation sites is 1. The molecule has 5 nitrogen and oxygen atoms in total.